The summed E-state index contributed by atoms with van der Waals surface area (Å²) in [6.45, 7) is 2.08. The largest absolute Gasteiger partial charge is 0.378 e. The van der Waals surface area contributed by atoms with Crippen molar-refractivity contribution in [1.29, 1.82) is 0 Å². The fourth-order valence-corrected chi connectivity index (χ4v) is 2.58. The highest BCUT2D eigenvalue weighted by molar-refractivity contribution is 6.31. The SMILES string of the molecule is O=C(Nc1cccc(Cl)c1)c1ccnc(C(=O)N2CCOCC2)c1. The number of hydrogen-bond donors (Lipinski definition) is 1. The number of morpholine rings is 1. The van der Waals surface area contributed by atoms with Gasteiger partial charge < -0.3 is 15.0 Å². The minimum Gasteiger partial charge on any atom is -0.378 e. The zero-order chi connectivity index (χ0) is 16.9. The van der Waals surface area contributed by atoms with Crippen LogP contribution in [0.5, 0.6) is 0 Å². The van der Waals surface area contributed by atoms with E-state index in [2.05, 4.69) is 10.3 Å². The fourth-order valence-electron chi connectivity index (χ4n) is 2.39. The summed E-state index contributed by atoms with van der Waals surface area (Å²) >= 11 is 5.91. The molecule has 1 aliphatic heterocycles. The number of anilines is 1. The number of carbonyl (C=O) groups excluding carboxylic acids is 2. The van der Waals surface area contributed by atoms with Crippen molar-refractivity contribution in [2.24, 2.45) is 0 Å². The van der Waals surface area contributed by atoms with Crippen molar-refractivity contribution in [3.63, 3.8) is 0 Å². The van der Waals surface area contributed by atoms with Crippen LogP contribution in [0.1, 0.15) is 20.8 Å². The molecular formula is C17H16ClN3O3. The summed E-state index contributed by atoms with van der Waals surface area (Å²) in [5.41, 5.74) is 1.20. The summed E-state index contributed by atoms with van der Waals surface area (Å²) in [7, 11) is 0. The second-order valence-corrected chi connectivity index (χ2v) is 5.74. The quantitative estimate of drug-likeness (QED) is 0.927. The molecule has 1 fully saturated rings. The first-order chi connectivity index (χ1) is 11.6. The third-order valence-corrected chi connectivity index (χ3v) is 3.86. The number of ether oxygens (including phenoxy) is 1. The van der Waals surface area contributed by atoms with E-state index in [-0.39, 0.29) is 17.5 Å². The van der Waals surface area contributed by atoms with Crippen LogP contribution in [-0.4, -0.2) is 48.0 Å². The van der Waals surface area contributed by atoms with Gasteiger partial charge in [-0.25, -0.2) is 0 Å². The van der Waals surface area contributed by atoms with Crippen LogP contribution < -0.4 is 5.32 Å². The second-order valence-electron chi connectivity index (χ2n) is 5.30. The molecule has 1 saturated heterocycles. The van der Waals surface area contributed by atoms with E-state index in [0.29, 0.717) is 42.6 Å². The Morgan fingerprint density at radius 3 is 2.71 bits per heavy atom. The molecule has 0 aliphatic carbocycles. The maximum atomic E-state index is 12.4. The molecule has 1 N–H and O–H groups in total. The molecule has 0 unspecified atom stereocenters. The van der Waals surface area contributed by atoms with Crippen LogP contribution in [0.15, 0.2) is 42.6 Å². The van der Waals surface area contributed by atoms with Gasteiger partial charge in [-0.05, 0) is 30.3 Å². The third-order valence-electron chi connectivity index (χ3n) is 3.62. The predicted molar refractivity (Wildman–Crippen MR) is 90.4 cm³/mol. The van der Waals surface area contributed by atoms with Crippen molar-refractivity contribution < 1.29 is 14.3 Å². The number of nitrogens with zero attached hydrogens (tertiary/aromatic N) is 2. The summed E-state index contributed by atoms with van der Waals surface area (Å²) < 4.78 is 5.23. The van der Waals surface area contributed by atoms with Crippen molar-refractivity contribution in [1.82, 2.24) is 9.88 Å². The van der Waals surface area contributed by atoms with Gasteiger partial charge in [0.05, 0.1) is 13.2 Å². The van der Waals surface area contributed by atoms with Gasteiger partial charge in [-0.15, -0.1) is 0 Å². The van der Waals surface area contributed by atoms with Gasteiger partial charge in [0.2, 0.25) is 0 Å². The molecule has 124 valence electrons. The fraction of sp³-hybridized carbons (Fsp3) is 0.235. The van der Waals surface area contributed by atoms with Gasteiger partial charge in [0.1, 0.15) is 5.69 Å². The summed E-state index contributed by atoms with van der Waals surface area (Å²) in [6, 6.07) is 9.93. The number of amides is 2. The Kier molecular flexibility index (Phi) is 5.08. The molecule has 2 amide bonds. The zero-order valence-electron chi connectivity index (χ0n) is 12.9. The van der Waals surface area contributed by atoms with Crippen LogP contribution in [0.3, 0.4) is 0 Å². The molecule has 6 nitrogen and oxygen atoms in total. The number of rotatable bonds is 3. The molecule has 0 radical (unpaired) electrons. The van der Waals surface area contributed by atoms with Crippen molar-refractivity contribution in [3.8, 4) is 0 Å². The number of halogens is 1. The van der Waals surface area contributed by atoms with Gasteiger partial charge in [0.15, 0.2) is 0 Å². The minimum atomic E-state index is -0.323. The molecule has 1 aromatic carbocycles. The molecular weight excluding hydrogens is 330 g/mol. The first-order valence-electron chi connectivity index (χ1n) is 7.53. The van der Waals surface area contributed by atoms with Gasteiger partial charge in [0, 0.05) is 35.6 Å². The molecule has 7 heteroatoms. The Morgan fingerprint density at radius 2 is 1.96 bits per heavy atom. The highest BCUT2D eigenvalue weighted by Gasteiger charge is 2.20. The van der Waals surface area contributed by atoms with E-state index in [0.717, 1.165) is 0 Å². The van der Waals surface area contributed by atoms with Crippen molar-refractivity contribution >= 4 is 29.1 Å². The molecule has 0 bridgehead atoms. The molecule has 2 heterocycles. The lowest BCUT2D eigenvalue weighted by Gasteiger charge is -2.26. The van der Waals surface area contributed by atoms with E-state index in [1.165, 1.54) is 12.3 Å². The van der Waals surface area contributed by atoms with E-state index in [9.17, 15) is 9.59 Å². The Bertz CT molecular complexity index is 760. The van der Waals surface area contributed by atoms with E-state index >= 15 is 0 Å². The lowest BCUT2D eigenvalue weighted by atomic mass is 10.2. The minimum absolute atomic E-state index is 0.198. The van der Waals surface area contributed by atoms with Crippen LogP contribution >= 0.6 is 11.6 Å². The number of pyridine rings is 1. The summed E-state index contributed by atoms with van der Waals surface area (Å²) in [4.78, 5) is 30.5. The number of hydrogen-bond acceptors (Lipinski definition) is 4. The number of carbonyl (C=O) groups is 2. The topological polar surface area (TPSA) is 71.5 Å². The Labute approximate surface area is 144 Å². The van der Waals surface area contributed by atoms with Crippen LogP contribution in [0.25, 0.3) is 0 Å². The smallest absolute Gasteiger partial charge is 0.272 e. The molecule has 1 aliphatic rings. The number of nitrogens with one attached hydrogen (secondary N) is 1. The Balaban J connectivity index is 1.74. The zero-order valence-corrected chi connectivity index (χ0v) is 13.6. The summed E-state index contributed by atoms with van der Waals surface area (Å²) in [5, 5.41) is 3.28. The number of benzene rings is 1. The molecule has 0 saturated carbocycles. The third kappa shape index (κ3) is 3.90. The molecule has 1 aromatic heterocycles. The highest BCUT2D eigenvalue weighted by atomic mass is 35.5. The van der Waals surface area contributed by atoms with E-state index in [4.69, 9.17) is 16.3 Å². The normalized spacial score (nSPS) is 14.3. The van der Waals surface area contributed by atoms with Crippen LogP contribution in [0.2, 0.25) is 5.02 Å². The molecule has 0 atom stereocenters. The van der Waals surface area contributed by atoms with Crippen molar-refractivity contribution in [2.75, 3.05) is 31.6 Å². The second kappa shape index (κ2) is 7.42. The molecule has 2 aromatic rings. The summed E-state index contributed by atoms with van der Waals surface area (Å²) in [5.74, 6) is -0.522. The standard InChI is InChI=1S/C17H16ClN3O3/c18-13-2-1-3-14(11-13)20-16(22)12-4-5-19-15(10-12)17(23)21-6-8-24-9-7-21/h1-5,10-11H,6-9H2,(H,20,22). The average Bonchev–Trinajstić information content (AvgIpc) is 2.62. The van der Waals surface area contributed by atoms with Crippen molar-refractivity contribution in [2.45, 2.75) is 0 Å². The first kappa shape index (κ1) is 16.4. The van der Waals surface area contributed by atoms with Gasteiger partial charge in [-0.1, -0.05) is 17.7 Å². The molecule has 24 heavy (non-hydrogen) atoms. The molecule has 0 spiro atoms. The number of aromatic nitrogens is 1. The van der Waals surface area contributed by atoms with Crippen molar-refractivity contribution in [3.05, 3.63) is 58.9 Å². The van der Waals surface area contributed by atoms with Crippen LogP contribution in [0.4, 0.5) is 5.69 Å². The monoisotopic (exact) mass is 345 g/mol. The van der Waals surface area contributed by atoms with E-state index in [1.807, 2.05) is 0 Å². The van der Waals surface area contributed by atoms with Gasteiger partial charge in [0.25, 0.3) is 11.8 Å². The maximum absolute atomic E-state index is 12.4. The van der Waals surface area contributed by atoms with Crippen LogP contribution in [-0.2, 0) is 4.74 Å². The Morgan fingerprint density at radius 1 is 1.17 bits per heavy atom. The van der Waals surface area contributed by atoms with Gasteiger partial charge in [-0.2, -0.15) is 0 Å². The maximum Gasteiger partial charge on any atom is 0.272 e. The highest BCUT2D eigenvalue weighted by Crippen LogP contribution is 2.16. The van der Waals surface area contributed by atoms with Gasteiger partial charge >= 0.3 is 0 Å². The first-order valence-corrected chi connectivity index (χ1v) is 7.91. The van der Waals surface area contributed by atoms with E-state index < -0.39 is 0 Å². The Hall–Kier alpha value is -2.44. The predicted octanol–water partition coefficient (Wildman–Crippen LogP) is 2.46. The average molecular weight is 346 g/mol. The lowest BCUT2D eigenvalue weighted by Crippen LogP contribution is -2.41. The lowest BCUT2D eigenvalue weighted by molar-refractivity contribution is 0.0299. The van der Waals surface area contributed by atoms with Gasteiger partial charge in [-0.3, -0.25) is 14.6 Å². The van der Waals surface area contributed by atoms with Crippen LogP contribution in [0, 0.1) is 0 Å². The summed E-state index contributed by atoms with van der Waals surface area (Å²) in [6.07, 6.45) is 1.46. The molecule has 3 rings (SSSR count). The van der Waals surface area contributed by atoms with E-state index in [1.54, 1.807) is 35.2 Å².